The van der Waals surface area contributed by atoms with Gasteiger partial charge in [-0.05, 0) is 19.4 Å². The molecule has 0 saturated carbocycles. The molecule has 1 rings (SSSR count). The maximum absolute atomic E-state index is 5.84. The summed E-state index contributed by atoms with van der Waals surface area (Å²) in [5.41, 5.74) is 6.07. The van der Waals surface area contributed by atoms with E-state index >= 15 is 0 Å². The third-order valence-corrected chi connectivity index (χ3v) is 2.90. The summed E-state index contributed by atoms with van der Waals surface area (Å²) in [4.78, 5) is 2.38. The van der Waals surface area contributed by atoms with Crippen molar-refractivity contribution >= 4 is 0 Å². The lowest BCUT2D eigenvalue weighted by Crippen LogP contribution is -2.42. The summed E-state index contributed by atoms with van der Waals surface area (Å²) in [5, 5.41) is 0. The second-order valence-corrected chi connectivity index (χ2v) is 5.10. The number of nitrogens with zero attached hydrogens (tertiary/aromatic N) is 1. The van der Waals surface area contributed by atoms with E-state index in [1.807, 2.05) is 0 Å². The molecule has 0 amide bonds. The van der Waals surface area contributed by atoms with E-state index in [4.69, 9.17) is 10.5 Å². The van der Waals surface area contributed by atoms with Gasteiger partial charge in [0.2, 0.25) is 0 Å². The Kier molecular flexibility index (Phi) is 4.35. The number of hydrogen-bond acceptors (Lipinski definition) is 3. The molecule has 14 heavy (non-hydrogen) atoms. The molecular weight excluding hydrogens is 176 g/mol. The van der Waals surface area contributed by atoms with Crippen LogP contribution in [0.2, 0.25) is 0 Å². The molecule has 1 fully saturated rings. The smallest absolute Gasteiger partial charge is 0.0547 e. The van der Waals surface area contributed by atoms with Gasteiger partial charge < -0.3 is 15.4 Å². The molecule has 0 aromatic rings. The summed E-state index contributed by atoms with van der Waals surface area (Å²) < 4.78 is 5.45. The first-order chi connectivity index (χ1) is 6.58. The molecule has 1 unspecified atom stereocenters. The van der Waals surface area contributed by atoms with Gasteiger partial charge in [0.15, 0.2) is 0 Å². The molecule has 1 saturated heterocycles. The fraction of sp³-hybridized carbons (Fsp3) is 1.00. The lowest BCUT2D eigenvalue weighted by atomic mass is 9.87. The molecule has 1 aliphatic heterocycles. The zero-order valence-corrected chi connectivity index (χ0v) is 9.75. The molecule has 0 spiro atoms. The first-order valence-electron chi connectivity index (χ1n) is 5.54. The van der Waals surface area contributed by atoms with Crippen molar-refractivity contribution in [2.24, 2.45) is 17.1 Å². The number of nitrogens with two attached hydrogens (primary N) is 1. The largest absolute Gasteiger partial charge is 0.381 e. The van der Waals surface area contributed by atoms with Gasteiger partial charge in [0.1, 0.15) is 0 Å². The van der Waals surface area contributed by atoms with Crippen LogP contribution in [0.4, 0.5) is 0 Å². The SMILES string of the molecule is CC(C)CN(C)CC1(CN)CCOC1. The fourth-order valence-corrected chi connectivity index (χ4v) is 2.26. The standard InChI is InChI=1S/C11H24N2O/c1-10(2)6-13(3)8-11(7-12)4-5-14-9-11/h10H,4-9,12H2,1-3H3. The van der Waals surface area contributed by atoms with Crippen molar-refractivity contribution in [2.75, 3.05) is 39.9 Å². The Hall–Kier alpha value is -0.120. The van der Waals surface area contributed by atoms with Crippen molar-refractivity contribution < 1.29 is 4.74 Å². The van der Waals surface area contributed by atoms with Gasteiger partial charge in [0.05, 0.1) is 6.61 Å². The molecule has 0 aromatic carbocycles. The van der Waals surface area contributed by atoms with Crippen LogP contribution in [0.5, 0.6) is 0 Å². The minimum absolute atomic E-state index is 0.226. The number of rotatable bonds is 5. The third kappa shape index (κ3) is 3.23. The highest BCUT2D eigenvalue weighted by atomic mass is 16.5. The van der Waals surface area contributed by atoms with Gasteiger partial charge in [-0.1, -0.05) is 13.8 Å². The Morgan fingerprint density at radius 2 is 2.21 bits per heavy atom. The highest BCUT2D eigenvalue weighted by Gasteiger charge is 2.34. The van der Waals surface area contributed by atoms with Crippen LogP contribution in [-0.4, -0.2) is 44.8 Å². The van der Waals surface area contributed by atoms with Gasteiger partial charge in [0.25, 0.3) is 0 Å². The van der Waals surface area contributed by atoms with E-state index < -0.39 is 0 Å². The van der Waals surface area contributed by atoms with Crippen LogP contribution in [0, 0.1) is 11.3 Å². The molecule has 1 aliphatic rings. The van der Waals surface area contributed by atoms with E-state index in [0.29, 0.717) is 0 Å². The highest BCUT2D eigenvalue weighted by molar-refractivity contribution is 4.86. The average molecular weight is 200 g/mol. The first-order valence-corrected chi connectivity index (χ1v) is 5.54. The molecule has 0 aromatic heterocycles. The van der Waals surface area contributed by atoms with E-state index in [1.165, 1.54) is 0 Å². The summed E-state index contributed by atoms with van der Waals surface area (Å²) in [5.74, 6) is 0.720. The summed E-state index contributed by atoms with van der Waals surface area (Å²) >= 11 is 0. The molecule has 84 valence electrons. The van der Waals surface area contributed by atoms with Crippen LogP contribution in [0.25, 0.3) is 0 Å². The Morgan fingerprint density at radius 3 is 2.64 bits per heavy atom. The topological polar surface area (TPSA) is 38.5 Å². The molecular formula is C11H24N2O. The monoisotopic (exact) mass is 200 g/mol. The summed E-state index contributed by atoms with van der Waals surface area (Å²) in [6.07, 6.45) is 1.12. The van der Waals surface area contributed by atoms with Crippen LogP contribution < -0.4 is 5.73 Å². The molecule has 3 nitrogen and oxygen atoms in total. The lowest BCUT2D eigenvalue weighted by molar-refractivity contribution is 0.121. The predicted molar refractivity (Wildman–Crippen MR) is 59.3 cm³/mol. The van der Waals surface area contributed by atoms with Crippen molar-refractivity contribution in [1.82, 2.24) is 4.90 Å². The first kappa shape index (κ1) is 12.0. The van der Waals surface area contributed by atoms with Crippen LogP contribution in [0.3, 0.4) is 0 Å². The summed E-state index contributed by atoms with van der Waals surface area (Å²) in [6.45, 7) is 9.17. The molecule has 0 radical (unpaired) electrons. The zero-order valence-electron chi connectivity index (χ0n) is 9.75. The fourth-order valence-electron chi connectivity index (χ4n) is 2.26. The predicted octanol–water partition coefficient (Wildman–Crippen LogP) is 0.940. The molecule has 1 atom stereocenters. The zero-order chi connectivity index (χ0) is 10.6. The van der Waals surface area contributed by atoms with E-state index in [2.05, 4.69) is 25.8 Å². The third-order valence-electron chi connectivity index (χ3n) is 2.90. The summed E-state index contributed by atoms with van der Waals surface area (Å²) in [6, 6.07) is 0. The minimum atomic E-state index is 0.226. The van der Waals surface area contributed by atoms with E-state index in [-0.39, 0.29) is 5.41 Å². The van der Waals surface area contributed by atoms with Crippen LogP contribution in [0.1, 0.15) is 20.3 Å². The normalized spacial score (nSPS) is 27.9. The van der Waals surface area contributed by atoms with Crippen LogP contribution in [0.15, 0.2) is 0 Å². The lowest BCUT2D eigenvalue weighted by Gasteiger charge is -2.31. The van der Waals surface area contributed by atoms with Crippen LogP contribution in [-0.2, 0) is 4.74 Å². The van der Waals surface area contributed by atoms with Gasteiger partial charge in [-0.15, -0.1) is 0 Å². The summed E-state index contributed by atoms with van der Waals surface area (Å²) in [7, 11) is 2.18. The van der Waals surface area contributed by atoms with Crippen molar-refractivity contribution in [3.05, 3.63) is 0 Å². The quantitative estimate of drug-likeness (QED) is 0.718. The van der Waals surface area contributed by atoms with E-state index in [1.54, 1.807) is 0 Å². The highest BCUT2D eigenvalue weighted by Crippen LogP contribution is 2.28. The van der Waals surface area contributed by atoms with Crippen molar-refractivity contribution in [3.63, 3.8) is 0 Å². The maximum atomic E-state index is 5.84. The minimum Gasteiger partial charge on any atom is -0.381 e. The molecule has 1 heterocycles. The van der Waals surface area contributed by atoms with Gasteiger partial charge in [-0.25, -0.2) is 0 Å². The Labute approximate surface area is 87.6 Å². The van der Waals surface area contributed by atoms with Gasteiger partial charge >= 0.3 is 0 Å². The van der Waals surface area contributed by atoms with Gasteiger partial charge in [-0.3, -0.25) is 0 Å². The molecule has 0 aliphatic carbocycles. The van der Waals surface area contributed by atoms with Crippen molar-refractivity contribution in [2.45, 2.75) is 20.3 Å². The Balaban J connectivity index is 2.39. The van der Waals surface area contributed by atoms with Gasteiger partial charge in [0, 0.05) is 31.7 Å². The number of hydrogen-bond donors (Lipinski definition) is 1. The van der Waals surface area contributed by atoms with E-state index in [0.717, 1.165) is 45.2 Å². The molecule has 3 heteroatoms. The van der Waals surface area contributed by atoms with Crippen molar-refractivity contribution in [1.29, 1.82) is 0 Å². The molecule has 0 bridgehead atoms. The van der Waals surface area contributed by atoms with Gasteiger partial charge in [-0.2, -0.15) is 0 Å². The second kappa shape index (κ2) is 5.10. The Morgan fingerprint density at radius 1 is 1.50 bits per heavy atom. The maximum Gasteiger partial charge on any atom is 0.0547 e. The van der Waals surface area contributed by atoms with E-state index in [9.17, 15) is 0 Å². The Bertz CT molecular complexity index is 165. The number of ether oxygens (including phenoxy) is 1. The molecule has 2 N–H and O–H groups in total. The van der Waals surface area contributed by atoms with Crippen molar-refractivity contribution in [3.8, 4) is 0 Å². The van der Waals surface area contributed by atoms with Crippen LogP contribution >= 0.6 is 0 Å². The second-order valence-electron chi connectivity index (χ2n) is 5.10. The average Bonchev–Trinajstić information content (AvgIpc) is 2.52.